The van der Waals surface area contributed by atoms with Gasteiger partial charge in [0.2, 0.25) is 0 Å². The molecule has 0 radical (unpaired) electrons. The maximum Gasteiger partial charge on any atom is 0.138 e. The molecule has 1 unspecified atom stereocenters. The number of halogens is 3. The van der Waals surface area contributed by atoms with Gasteiger partial charge in [-0.15, -0.1) is 22.7 Å². The summed E-state index contributed by atoms with van der Waals surface area (Å²) in [5, 5.41) is 3.31. The summed E-state index contributed by atoms with van der Waals surface area (Å²) in [6, 6.07) is 7.94. The van der Waals surface area contributed by atoms with Crippen LogP contribution in [0.2, 0.25) is 10.0 Å². The Labute approximate surface area is 143 Å². The van der Waals surface area contributed by atoms with Crippen molar-refractivity contribution < 1.29 is 4.74 Å². The third kappa shape index (κ3) is 2.60. The molecule has 0 aliphatic rings. The maximum absolute atomic E-state index is 6.34. The van der Waals surface area contributed by atoms with Crippen molar-refractivity contribution >= 4 is 71.2 Å². The summed E-state index contributed by atoms with van der Waals surface area (Å²) >= 11 is 19.8. The molecule has 6 heteroatoms. The molecule has 2 heterocycles. The van der Waals surface area contributed by atoms with E-state index in [9.17, 15) is 0 Å². The number of ether oxygens (including phenoxy) is 1. The van der Waals surface area contributed by atoms with Crippen LogP contribution >= 0.6 is 61.8 Å². The van der Waals surface area contributed by atoms with E-state index in [1.54, 1.807) is 35.8 Å². The van der Waals surface area contributed by atoms with Gasteiger partial charge in [-0.05, 0) is 29.1 Å². The normalized spacial score (nSPS) is 12.8. The highest BCUT2D eigenvalue weighted by molar-refractivity contribution is 9.09. The van der Waals surface area contributed by atoms with Gasteiger partial charge in [0.05, 0.1) is 17.0 Å². The molecule has 3 rings (SSSR count). The van der Waals surface area contributed by atoms with Gasteiger partial charge >= 0.3 is 0 Å². The molecular weight excluding hydrogens is 399 g/mol. The molecule has 0 N–H and O–H groups in total. The number of fused-ring (bicyclic) bond motifs is 1. The lowest BCUT2D eigenvalue weighted by molar-refractivity contribution is 0.415. The van der Waals surface area contributed by atoms with Gasteiger partial charge in [-0.1, -0.05) is 39.1 Å². The second-order valence-corrected chi connectivity index (χ2v) is 7.96. The van der Waals surface area contributed by atoms with E-state index in [1.807, 2.05) is 6.07 Å². The van der Waals surface area contributed by atoms with Crippen LogP contribution in [-0.4, -0.2) is 7.11 Å². The molecule has 0 aliphatic heterocycles. The summed E-state index contributed by atoms with van der Waals surface area (Å²) in [7, 11) is 1.58. The predicted molar refractivity (Wildman–Crippen MR) is 93.5 cm³/mol. The van der Waals surface area contributed by atoms with Crippen LogP contribution in [0.15, 0.2) is 29.6 Å². The number of rotatable bonds is 3. The summed E-state index contributed by atoms with van der Waals surface area (Å²) in [4.78, 5) is 1.25. The lowest BCUT2D eigenvalue weighted by Crippen LogP contribution is -1.93. The second kappa shape index (κ2) is 5.85. The molecule has 0 bridgehead atoms. The highest BCUT2D eigenvalue weighted by atomic mass is 79.9. The minimum Gasteiger partial charge on any atom is -0.495 e. The topological polar surface area (TPSA) is 9.23 Å². The molecule has 0 aliphatic carbocycles. The molecule has 2 aromatic heterocycles. The smallest absolute Gasteiger partial charge is 0.138 e. The largest absolute Gasteiger partial charge is 0.495 e. The maximum atomic E-state index is 6.34. The Morgan fingerprint density at radius 2 is 1.95 bits per heavy atom. The second-order valence-electron chi connectivity index (χ2n) is 4.17. The minimum atomic E-state index is 0.0306. The third-order valence-electron chi connectivity index (χ3n) is 2.95. The average molecular weight is 408 g/mol. The molecule has 104 valence electrons. The summed E-state index contributed by atoms with van der Waals surface area (Å²) in [6.45, 7) is 0. The monoisotopic (exact) mass is 406 g/mol. The van der Waals surface area contributed by atoms with Crippen molar-refractivity contribution in [2.45, 2.75) is 4.83 Å². The molecule has 3 aromatic rings. The van der Waals surface area contributed by atoms with Crippen LogP contribution in [0.1, 0.15) is 15.3 Å². The van der Waals surface area contributed by atoms with Gasteiger partial charge in [-0.25, -0.2) is 0 Å². The number of hydrogen-bond acceptors (Lipinski definition) is 3. The van der Waals surface area contributed by atoms with Gasteiger partial charge < -0.3 is 4.74 Å². The zero-order valence-electron chi connectivity index (χ0n) is 10.3. The highest BCUT2D eigenvalue weighted by Gasteiger charge is 2.19. The summed E-state index contributed by atoms with van der Waals surface area (Å²) in [5.74, 6) is 0.590. The first-order chi connectivity index (χ1) is 9.60. The van der Waals surface area contributed by atoms with E-state index < -0.39 is 0 Å². The van der Waals surface area contributed by atoms with Gasteiger partial charge in [0, 0.05) is 25.4 Å². The van der Waals surface area contributed by atoms with E-state index in [1.165, 1.54) is 14.3 Å². The van der Waals surface area contributed by atoms with Gasteiger partial charge in [0.1, 0.15) is 5.75 Å². The molecule has 0 fully saturated rings. The standard InChI is InChI=1S/C14H9BrCl2OS2/c1-18-10-5-8(16)7(4-9(10)17)14(15)13-6-12-11(20-13)2-3-19-12/h2-6,14H,1H3. The highest BCUT2D eigenvalue weighted by Crippen LogP contribution is 2.44. The van der Waals surface area contributed by atoms with Crippen LogP contribution in [0.3, 0.4) is 0 Å². The van der Waals surface area contributed by atoms with Crippen molar-refractivity contribution in [1.82, 2.24) is 0 Å². The molecule has 1 nitrogen and oxygen atoms in total. The molecule has 0 saturated heterocycles. The Hall–Kier alpha value is -0.260. The fraction of sp³-hybridized carbons (Fsp3) is 0.143. The van der Waals surface area contributed by atoms with E-state index in [0.717, 1.165) is 5.56 Å². The van der Waals surface area contributed by atoms with Crippen molar-refractivity contribution in [1.29, 1.82) is 0 Å². The third-order valence-corrected chi connectivity index (χ3v) is 7.02. The van der Waals surface area contributed by atoms with Crippen LogP contribution in [0, 0.1) is 0 Å². The first-order valence-electron chi connectivity index (χ1n) is 5.74. The number of benzene rings is 1. The Morgan fingerprint density at radius 1 is 1.15 bits per heavy atom. The molecule has 1 aromatic carbocycles. The minimum absolute atomic E-state index is 0.0306. The SMILES string of the molecule is COc1cc(Cl)c(C(Br)c2cc3sccc3s2)cc1Cl. The lowest BCUT2D eigenvalue weighted by atomic mass is 10.1. The van der Waals surface area contributed by atoms with Crippen molar-refractivity contribution in [2.24, 2.45) is 0 Å². The number of methoxy groups -OCH3 is 1. The molecule has 0 saturated carbocycles. The van der Waals surface area contributed by atoms with Crippen LogP contribution in [0.5, 0.6) is 5.75 Å². The van der Waals surface area contributed by atoms with E-state index in [2.05, 4.69) is 33.4 Å². The quantitative estimate of drug-likeness (QED) is 0.435. The van der Waals surface area contributed by atoms with Crippen molar-refractivity contribution in [3.8, 4) is 5.75 Å². The zero-order valence-corrected chi connectivity index (χ0v) is 15.1. The zero-order chi connectivity index (χ0) is 14.3. The number of hydrogen-bond donors (Lipinski definition) is 0. The van der Waals surface area contributed by atoms with E-state index >= 15 is 0 Å². The van der Waals surface area contributed by atoms with Gasteiger partial charge in [0.15, 0.2) is 0 Å². The van der Waals surface area contributed by atoms with Crippen LogP contribution < -0.4 is 4.74 Å². The fourth-order valence-electron chi connectivity index (χ4n) is 1.96. The predicted octanol–water partition coefficient (Wildman–Crippen LogP) is 6.76. The molecule has 0 amide bonds. The van der Waals surface area contributed by atoms with E-state index in [4.69, 9.17) is 27.9 Å². The van der Waals surface area contributed by atoms with Crippen LogP contribution in [0.4, 0.5) is 0 Å². The van der Waals surface area contributed by atoms with Gasteiger partial charge in [-0.3, -0.25) is 0 Å². The fourth-order valence-corrected chi connectivity index (χ4v) is 5.51. The summed E-state index contributed by atoms with van der Waals surface area (Å²) in [5.41, 5.74) is 0.950. The first kappa shape index (κ1) is 14.7. The van der Waals surface area contributed by atoms with Gasteiger partial charge in [-0.2, -0.15) is 0 Å². The summed E-state index contributed by atoms with van der Waals surface area (Å²) in [6.07, 6.45) is 0. The number of alkyl halides is 1. The van der Waals surface area contributed by atoms with Gasteiger partial charge in [0.25, 0.3) is 0 Å². The molecule has 0 spiro atoms. The van der Waals surface area contributed by atoms with Crippen LogP contribution in [-0.2, 0) is 0 Å². The molecular formula is C14H9BrCl2OS2. The van der Waals surface area contributed by atoms with Crippen molar-refractivity contribution in [3.05, 3.63) is 50.1 Å². The molecule has 1 atom stereocenters. The molecule has 20 heavy (non-hydrogen) atoms. The Kier molecular flexibility index (Phi) is 4.29. The average Bonchev–Trinajstić information content (AvgIpc) is 3.01. The Balaban J connectivity index is 2.03. The number of thiophene rings is 2. The first-order valence-corrected chi connectivity index (χ1v) is 9.11. The Bertz CT molecular complexity index is 737. The van der Waals surface area contributed by atoms with E-state index in [-0.39, 0.29) is 4.83 Å². The van der Waals surface area contributed by atoms with E-state index in [0.29, 0.717) is 15.8 Å². The van der Waals surface area contributed by atoms with Crippen molar-refractivity contribution in [2.75, 3.05) is 7.11 Å². The van der Waals surface area contributed by atoms with Crippen LogP contribution in [0.25, 0.3) is 9.40 Å². The van der Waals surface area contributed by atoms with Crippen molar-refractivity contribution in [3.63, 3.8) is 0 Å². The summed E-state index contributed by atoms with van der Waals surface area (Å²) < 4.78 is 7.77. The lowest BCUT2D eigenvalue weighted by Gasteiger charge is -2.13. The Morgan fingerprint density at radius 3 is 2.65 bits per heavy atom.